The fourth-order valence-electron chi connectivity index (χ4n) is 2.43. The average Bonchev–Trinajstić information content (AvgIpc) is 2.42. The van der Waals surface area contributed by atoms with Crippen molar-refractivity contribution in [2.45, 2.75) is 58.6 Å². The van der Waals surface area contributed by atoms with Crippen molar-refractivity contribution in [3.05, 3.63) is 23.8 Å². The first-order chi connectivity index (χ1) is 9.74. The van der Waals surface area contributed by atoms with Crippen molar-refractivity contribution in [1.29, 1.82) is 0 Å². The summed E-state index contributed by atoms with van der Waals surface area (Å²) < 4.78 is 5.73. The summed E-state index contributed by atoms with van der Waals surface area (Å²) in [6.45, 7) is 10.8. The second kappa shape index (κ2) is 5.68. The van der Waals surface area contributed by atoms with Crippen LogP contribution in [0.2, 0.25) is 0 Å². The summed E-state index contributed by atoms with van der Waals surface area (Å²) in [5.74, 6) is 0.746. The Morgan fingerprint density at radius 2 is 2.05 bits per heavy atom. The number of hydrogen-bond donors (Lipinski definition) is 1. The van der Waals surface area contributed by atoms with Gasteiger partial charge in [-0.1, -0.05) is 33.8 Å². The molecule has 2 unspecified atom stereocenters. The quantitative estimate of drug-likeness (QED) is 0.931. The summed E-state index contributed by atoms with van der Waals surface area (Å²) in [5.41, 5.74) is 8.11. The summed E-state index contributed by atoms with van der Waals surface area (Å²) in [6, 6.07) is 6.06. The van der Waals surface area contributed by atoms with Crippen molar-refractivity contribution >= 4 is 11.6 Å². The minimum atomic E-state index is -0.456. The van der Waals surface area contributed by atoms with E-state index in [1.807, 2.05) is 13.0 Å². The first-order valence-electron chi connectivity index (χ1n) is 7.62. The van der Waals surface area contributed by atoms with Crippen LogP contribution in [-0.4, -0.2) is 24.6 Å². The highest BCUT2D eigenvalue weighted by Crippen LogP contribution is 2.37. The summed E-state index contributed by atoms with van der Waals surface area (Å²) in [7, 11) is 0. The van der Waals surface area contributed by atoms with Crippen LogP contribution in [-0.2, 0) is 10.2 Å². The maximum absolute atomic E-state index is 12.4. The number of ether oxygens (including phenoxy) is 1. The van der Waals surface area contributed by atoms with E-state index in [4.69, 9.17) is 10.5 Å². The van der Waals surface area contributed by atoms with E-state index >= 15 is 0 Å². The maximum Gasteiger partial charge on any atom is 0.267 e. The molecular weight excluding hydrogens is 264 g/mol. The van der Waals surface area contributed by atoms with Gasteiger partial charge in [-0.15, -0.1) is 0 Å². The van der Waals surface area contributed by atoms with Crippen LogP contribution in [0.1, 0.15) is 46.6 Å². The molecule has 0 saturated heterocycles. The average molecular weight is 290 g/mol. The van der Waals surface area contributed by atoms with Gasteiger partial charge < -0.3 is 15.4 Å². The Hall–Kier alpha value is -1.55. The number of benzene rings is 1. The molecular formula is C17H26N2O2. The van der Waals surface area contributed by atoms with Gasteiger partial charge >= 0.3 is 0 Å². The van der Waals surface area contributed by atoms with Crippen molar-refractivity contribution in [2.75, 3.05) is 11.4 Å². The maximum atomic E-state index is 12.4. The largest absolute Gasteiger partial charge is 0.479 e. The van der Waals surface area contributed by atoms with E-state index < -0.39 is 6.10 Å². The molecule has 21 heavy (non-hydrogen) atoms. The van der Waals surface area contributed by atoms with Gasteiger partial charge in [0.25, 0.3) is 5.91 Å². The van der Waals surface area contributed by atoms with Crippen LogP contribution in [0, 0.1) is 0 Å². The molecule has 4 nitrogen and oxygen atoms in total. The third-order valence-electron chi connectivity index (χ3n) is 3.97. The van der Waals surface area contributed by atoms with Gasteiger partial charge in [-0.05, 0) is 36.5 Å². The van der Waals surface area contributed by atoms with Crippen molar-refractivity contribution in [3.63, 3.8) is 0 Å². The minimum absolute atomic E-state index is 0.0162. The highest BCUT2D eigenvalue weighted by molar-refractivity contribution is 6.00. The van der Waals surface area contributed by atoms with Gasteiger partial charge in [0.05, 0.1) is 5.69 Å². The van der Waals surface area contributed by atoms with Crippen molar-refractivity contribution in [3.8, 4) is 5.75 Å². The highest BCUT2D eigenvalue weighted by atomic mass is 16.5. The van der Waals surface area contributed by atoms with Crippen LogP contribution in [0.15, 0.2) is 18.2 Å². The van der Waals surface area contributed by atoms with Crippen molar-refractivity contribution in [2.24, 2.45) is 5.73 Å². The Balaban J connectivity index is 2.45. The second-order valence-corrected chi connectivity index (χ2v) is 6.81. The first-order valence-corrected chi connectivity index (χ1v) is 7.62. The molecule has 0 aromatic heterocycles. The van der Waals surface area contributed by atoms with Gasteiger partial charge in [-0.25, -0.2) is 0 Å². The van der Waals surface area contributed by atoms with E-state index in [9.17, 15) is 4.79 Å². The molecule has 0 radical (unpaired) electrons. The van der Waals surface area contributed by atoms with Crippen LogP contribution in [0.5, 0.6) is 5.75 Å². The third kappa shape index (κ3) is 3.21. The molecule has 0 aliphatic carbocycles. The zero-order chi connectivity index (χ0) is 15.8. The number of amides is 1. The molecule has 2 N–H and O–H groups in total. The normalized spacial score (nSPS) is 20.0. The Morgan fingerprint density at radius 1 is 1.38 bits per heavy atom. The van der Waals surface area contributed by atoms with Crippen LogP contribution >= 0.6 is 0 Å². The lowest BCUT2D eigenvalue weighted by atomic mass is 9.86. The van der Waals surface area contributed by atoms with Gasteiger partial charge in [0.1, 0.15) is 5.75 Å². The molecule has 0 fully saturated rings. The molecule has 4 heteroatoms. The molecule has 0 bridgehead atoms. The number of rotatable bonds is 3. The highest BCUT2D eigenvalue weighted by Gasteiger charge is 2.33. The molecule has 0 spiro atoms. The van der Waals surface area contributed by atoms with Crippen LogP contribution < -0.4 is 15.4 Å². The van der Waals surface area contributed by atoms with Gasteiger partial charge in [-0.2, -0.15) is 0 Å². The standard InChI is InChI=1S/C17H26N2O2/c1-6-13(18)10-19-14-9-12(17(3,4)5)7-8-15(14)21-11(2)16(19)20/h7-9,11,13H,6,10,18H2,1-5H3. The van der Waals surface area contributed by atoms with E-state index in [0.717, 1.165) is 17.9 Å². The van der Waals surface area contributed by atoms with Crippen LogP contribution in [0.25, 0.3) is 0 Å². The molecule has 1 amide bonds. The number of nitrogens with zero attached hydrogens (tertiary/aromatic N) is 1. The molecule has 1 aromatic carbocycles. The molecule has 0 saturated carbocycles. The number of fused-ring (bicyclic) bond motifs is 1. The fraction of sp³-hybridized carbons (Fsp3) is 0.588. The van der Waals surface area contributed by atoms with E-state index in [1.54, 1.807) is 11.8 Å². The van der Waals surface area contributed by atoms with Crippen molar-refractivity contribution < 1.29 is 9.53 Å². The van der Waals surface area contributed by atoms with Gasteiger partial charge in [-0.3, -0.25) is 4.79 Å². The summed E-state index contributed by atoms with van der Waals surface area (Å²) >= 11 is 0. The van der Waals surface area contributed by atoms with E-state index in [-0.39, 0.29) is 17.4 Å². The molecule has 1 aliphatic heterocycles. The fourth-order valence-corrected chi connectivity index (χ4v) is 2.43. The number of hydrogen-bond acceptors (Lipinski definition) is 3. The van der Waals surface area contributed by atoms with Gasteiger partial charge in [0.2, 0.25) is 0 Å². The molecule has 1 aliphatic rings. The predicted molar refractivity (Wildman–Crippen MR) is 85.9 cm³/mol. The molecule has 1 aromatic rings. The Bertz CT molecular complexity index is 534. The summed E-state index contributed by atoms with van der Waals surface area (Å²) in [6.07, 6.45) is 0.384. The zero-order valence-corrected chi connectivity index (χ0v) is 13.6. The number of carbonyl (C=O) groups excluding carboxylic acids is 1. The number of nitrogens with two attached hydrogens (primary N) is 1. The first kappa shape index (κ1) is 15.8. The number of carbonyl (C=O) groups is 1. The molecule has 2 rings (SSSR count). The third-order valence-corrected chi connectivity index (χ3v) is 3.97. The smallest absolute Gasteiger partial charge is 0.267 e. The minimum Gasteiger partial charge on any atom is -0.479 e. The number of anilines is 1. The summed E-state index contributed by atoms with van der Waals surface area (Å²) in [4.78, 5) is 14.2. The molecule has 1 heterocycles. The zero-order valence-electron chi connectivity index (χ0n) is 13.6. The second-order valence-electron chi connectivity index (χ2n) is 6.81. The van der Waals surface area contributed by atoms with Crippen LogP contribution in [0.3, 0.4) is 0 Å². The Labute approximate surface area is 127 Å². The molecule has 116 valence electrons. The van der Waals surface area contributed by atoms with E-state index in [2.05, 4.69) is 32.9 Å². The Kier molecular flexibility index (Phi) is 4.28. The predicted octanol–water partition coefficient (Wildman–Crippen LogP) is 2.84. The van der Waals surface area contributed by atoms with E-state index in [1.165, 1.54) is 5.56 Å². The Morgan fingerprint density at radius 3 is 2.62 bits per heavy atom. The monoisotopic (exact) mass is 290 g/mol. The van der Waals surface area contributed by atoms with Gasteiger partial charge in [0.15, 0.2) is 6.10 Å². The van der Waals surface area contributed by atoms with Crippen LogP contribution in [0.4, 0.5) is 5.69 Å². The SMILES string of the molecule is CCC(N)CN1C(=O)C(C)Oc2ccc(C(C)(C)C)cc21. The molecule has 2 atom stereocenters. The summed E-state index contributed by atoms with van der Waals surface area (Å²) in [5, 5.41) is 0. The van der Waals surface area contributed by atoms with Crippen molar-refractivity contribution in [1.82, 2.24) is 0 Å². The van der Waals surface area contributed by atoms with E-state index in [0.29, 0.717) is 6.54 Å². The lowest BCUT2D eigenvalue weighted by molar-refractivity contribution is -0.125. The van der Waals surface area contributed by atoms with Gasteiger partial charge in [0, 0.05) is 12.6 Å². The lowest BCUT2D eigenvalue weighted by Crippen LogP contribution is -2.49. The topological polar surface area (TPSA) is 55.6 Å². The lowest BCUT2D eigenvalue weighted by Gasteiger charge is -2.35.